The number of likely N-dealkylation sites (N-methyl/N-ethyl adjacent to an activating group) is 1. The zero-order valence-electron chi connectivity index (χ0n) is 13.8. The lowest BCUT2D eigenvalue weighted by Gasteiger charge is -2.41. The predicted octanol–water partition coefficient (Wildman–Crippen LogP) is 2.64. The maximum absolute atomic E-state index is 13.7. The summed E-state index contributed by atoms with van der Waals surface area (Å²) in [5, 5.41) is 12.0. The molecule has 2 rings (SSSR count). The van der Waals surface area contributed by atoms with Gasteiger partial charge in [-0.05, 0) is 31.0 Å². The standard InChI is InChI=1S/C17H21FN2O4/c1-11(21)19-14-10-12(6-7-13(14)18)15(22)20(2)17(16(23)24)8-4-3-5-9-17/h6-7,10H,3-5,8-9H2,1-2H3,(H,19,21)(H,23,24). The van der Waals surface area contributed by atoms with Crippen LogP contribution in [0.5, 0.6) is 0 Å². The van der Waals surface area contributed by atoms with Crippen LogP contribution in [0.25, 0.3) is 0 Å². The highest BCUT2D eigenvalue weighted by Gasteiger charge is 2.45. The van der Waals surface area contributed by atoms with E-state index in [0.29, 0.717) is 12.8 Å². The minimum absolute atomic E-state index is 0.102. The minimum Gasteiger partial charge on any atom is -0.479 e. The molecule has 1 saturated carbocycles. The first-order valence-corrected chi connectivity index (χ1v) is 7.86. The van der Waals surface area contributed by atoms with E-state index < -0.39 is 29.1 Å². The average Bonchev–Trinajstić information content (AvgIpc) is 2.55. The van der Waals surface area contributed by atoms with Crippen molar-refractivity contribution >= 4 is 23.5 Å². The Morgan fingerprint density at radius 1 is 1.21 bits per heavy atom. The van der Waals surface area contributed by atoms with E-state index in [1.807, 2.05) is 0 Å². The monoisotopic (exact) mass is 336 g/mol. The number of carboxylic acid groups (broad SMARTS) is 1. The number of nitrogens with one attached hydrogen (secondary N) is 1. The number of carbonyl (C=O) groups excluding carboxylic acids is 2. The molecule has 1 fully saturated rings. The number of amides is 2. The van der Waals surface area contributed by atoms with Crippen LogP contribution in [0.2, 0.25) is 0 Å². The molecule has 0 radical (unpaired) electrons. The topological polar surface area (TPSA) is 86.7 Å². The van der Waals surface area contributed by atoms with Crippen LogP contribution in [-0.2, 0) is 9.59 Å². The second kappa shape index (κ2) is 6.98. The van der Waals surface area contributed by atoms with Crippen molar-refractivity contribution in [3.05, 3.63) is 29.6 Å². The van der Waals surface area contributed by atoms with E-state index in [4.69, 9.17) is 0 Å². The summed E-state index contributed by atoms with van der Waals surface area (Å²) in [4.78, 5) is 36.9. The van der Waals surface area contributed by atoms with Crippen molar-refractivity contribution in [2.24, 2.45) is 0 Å². The first kappa shape index (κ1) is 17.9. The number of aliphatic carboxylic acids is 1. The van der Waals surface area contributed by atoms with Gasteiger partial charge < -0.3 is 15.3 Å². The number of anilines is 1. The number of halogens is 1. The largest absolute Gasteiger partial charge is 0.479 e. The van der Waals surface area contributed by atoms with Crippen molar-refractivity contribution in [3.63, 3.8) is 0 Å². The maximum Gasteiger partial charge on any atom is 0.329 e. The Hall–Kier alpha value is -2.44. The molecule has 7 heteroatoms. The molecular weight excluding hydrogens is 315 g/mol. The molecular formula is C17H21FN2O4. The van der Waals surface area contributed by atoms with Crippen LogP contribution in [0, 0.1) is 5.82 Å². The predicted molar refractivity (Wildman–Crippen MR) is 86.2 cm³/mol. The molecule has 0 atom stereocenters. The zero-order valence-corrected chi connectivity index (χ0v) is 13.8. The van der Waals surface area contributed by atoms with Gasteiger partial charge in [0.05, 0.1) is 5.69 Å². The summed E-state index contributed by atoms with van der Waals surface area (Å²) in [6.07, 6.45) is 3.21. The molecule has 1 aromatic carbocycles. The molecule has 1 aliphatic rings. The maximum atomic E-state index is 13.7. The summed E-state index contributed by atoms with van der Waals surface area (Å²) in [5.74, 6) is -2.65. The Bertz CT molecular complexity index is 669. The van der Waals surface area contributed by atoms with E-state index in [1.54, 1.807) is 0 Å². The third kappa shape index (κ3) is 3.39. The molecule has 0 spiro atoms. The van der Waals surface area contributed by atoms with Gasteiger partial charge in [0.2, 0.25) is 5.91 Å². The van der Waals surface area contributed by atoms with E-state index in [0.717, 1.165) is 25.3 Å². The molecule has 0 unspecified atom stereocenters. The van der Waals surface area contributed by atoms with Crippen molar-refractivity contribution < 1.29 is 23.9 Å². The van der Waals surface area contributed by atoms with Crippen molar-refractivity contribution in [3.8, 4) is 0 Å². The lowest BCUT2D eigenvalue weighted by Crippen LogP contribution is -2.56. The first-order valence-electron chi connectivity index (χ1n) is 7.86. The van der Waals surface area contributed by atoms with Gasteiger partial charge in [0.25, 0.3) is 5.91 Å². The van der Waals surface area contributed by atoms with Gasteiger partial charge in [-0.1, -0.05) is 19.3 Å². The Morgan fingerprint density at radius 2 is 1.83 bits per heavy atom. The number of nitrogens with zero attached hydrogens (tertiary/aromatic N) is 1. The molecule has 2 N–H and O–H groups in total. The van der Waals surface area contributed by atoms with Crippen molar-refractivity contribution in [2.45, 2.75) is 44.6 Å². The van der Waals surface area contributed by atoms with E-state index in [-0.39, 0.29) is 11.3 Å². The van der Waals surface area contributed by atoms with Crippen LogP contribution in [0.15, 0.2) is 18.2 Å². The summed E-state index contributed by atoms with van der Waals surface area (Å²) >= 11 is 0. The molecule has 0 aromatic heterocycles. The normalized spacial score (nSPS) is 16.3. The molecule has 24 heavy (non-hydrogen) atoms. The number of carbonyl (C=O) groups is 3. The molecule has 2 amide bonds. The fraction of sp³-hybridized carbons (Fsp3) is 0.471. The van der Waals surface area contributed by atoms with E-state index in [1.165, 1.54) is 31.0 Å². The van der Waals surface area contributed by atoms with Crippen LogP contribution in [-0.4, -0.2) is 40.4 Å². The summed E-state index contributed by atoms with van der Waals surface area (Å²) in [7, 11) is 1.46. The lowest BCUT2D eigenvalue weighted by atomic mass is 9.80. The van der Waals surface area contributed by atoms with Gasteiger partial charge in [-0.2, -0.15) is 0 Å². The first-order chi connectivity index (χ1) is 11.3. The van der Waals surface area contributed by atoms with Gasteiger partial charge in [-0.15, -0.1) is 0 Å². The van der Waals surface area contributed by atoms with Gasteiger partial charge >= 0.3 is 5.97 Å². The van der Waals surface area contributed by atoms with E-state index >= 15 is 0 Å². The van der Waals surface area contributed by atoms with Crippen LogP contribution in [0.3, 0.4) is 0 Å². The third-order valence-electron chi connectivity index (χ3n) is 4.55. The number of hydrogen-bond donors (Lipinski definition) is 2. The van der Waals surface area contributed by atoms with Gasteiger partial charge in [0, 0.05) is 19.5 Å². The molecule has 0 saturated heterocycles. The lowest BCUT2D eigenvalue weighted by molar-refractivity contribution is -0.151. The number of hydrogen-bond acceptors (Lipinski definition) is 3. The summed E-state index contributed by atoms with van der Waals surface area (Å²) in [5.41, 5.74) is -1.21. The Labute approximate surface area is 139 Å². The summed E-state index contributed by atoms with van der Waals surface area (Å²) in [6.45, 7) is 1.24. The van der Waals surface area contributed by atoms with E-state index in [9.17, 15) is 23.9 Å². The fourth-order valence-corrected chi connectivity index (χ4v) is 3.16. The molecule has 0 bridgehead atoms. The Balaban J connectivity index is 2.33. The second-order valence-corrected chi connectivity index (χ2v) is 6.14. The highest BCUT2D eigenvalue weighted by atomic mass is 19.1. The third-order valence-corrected chi connectivity index (χ3v) is 4.55. The quantitative estimate of drug-likeness (QED) is 0.885. The van der Waals surface area contributed by atoms with E-state index in [2.05, 4.69) is 5.32 Å². The average molecular weight is 336 g/mol. The van der Waals surface area contributed by atoms with Crippen LogP contribution in [0.4, 0.5) is 10.1 Å². The van der Waals surface area contributed by atoms with Gasteiger partial charge in [-0.3, -0.25) is 9.59 Å². The van der Waals surface area contributed by atoms with Crippen molar-refractivity contribution in [1.82, 2.24) is 4.90 Å². The number of rotatable bonds is 4. The number of benzene rings is 1. The Morgan fingerprint density at radius 3 is 2.38 bits per heavy atom. The smallest absolute Gasteiger partial charge is 0.329 e. The fourth-order valence-electron chi connectivity index (χ4n) is 3.16. The van der Waals surface area contributed by atoms with Crippen LogP contribution < -0.4 is 5.32 Å². The van der Waals surface area contributed by atoms with Crippen LogP contribution >= 0.6 is 0 Å². The summed E-state index contributed by atoms with van der Waals surface area (Å²) in [6, 6.07) is 3.60. The molecule has 130 valence electrons. The van der Waals surface area contributed by atoms with Gasteiger partial charge in [0.1, 0.15) is 11.4 Å². The van der Waals surface area contributed by atoms with Crippen molar-refractivity contribution in [2.75, 3.05) is 12.4 Å². The minimum atomic E-state index is -1.24. The number of carboxylic acids is 1. The highest BCUT2D eigenvalue weighted by molar-refractivity contribution is 5.99. The van der Waals surface area contributed by atoms with Crippen molar-refractivity contribution in [1.29, 1.82) is 0 Å². The van der Waals surface area contributed by atoms with Gasteiger partial charge in [0.15, 0.2) is 0 Å². The SMILES string of the molecule is CC(=O)Nc1cc(C(=O)N(C)C2(C(=O)O)CCCCC2)ccc1F. The Kier molecular flexibility index (Phi) is 5.21. The highest BCUT2D eigenvalue weighted by Crippen LogP contribution is 2.34. The molecule has 0 heterocycles. The molecule has 1 aliphatic carbocycles. The molecule has 0 aliphatic heterocycles. The second-order valence-electron chi connectivity index (χ2n) is 6.14. The van der Waals surface area contributed by atoms with Crippen LogP contribution in [0.1, 0.15) is 49.4 Å². The summed E-state index contributed by atoms with van der Waals surface area (Å²) < 4.78 is 13.7. The molecule has 6 nitrogen and oxygen atoms in total. The zero-order chi connectivity index (χ0) is 17.9. The van der Waals surface area contributed by atoms with Gasteiger partial charge in [-0.25, -0.2) is 9.18 Å². The molecule has 1 aromatic rings.